The van der Waals surface area contributed by atoms with Crippen LogP contribution in [-0.2, 0) is 0 Å². The monoisotopic (exact) mass is 211 g/mol. The number of nitrogens with two attached hydrogens (primary N) is 1. The third-order valence-corrected chi connectivity index (χ3v) is 1.67. The summed E-state index contributed by atoms with van der Waals surface area (Å²) >= 11 is 0. The highest BCUT2D eigenvalue weighted by molar-refractivity contribution is 5.31. The molecule has 15 heavy (non-hydrogen) atoms. The maximum Gasteiger partial charge on any atom is 0.137 e. The Morgan fingerprint density at radius 1 is 1.13 bits per heavy atom. The fourth-order valence-electron chi connectivity index (χ4n) is 0.988. The molecule has 1 rings (SSSR count). The van der Waals surface area contributed by atoms with Gasteiger partial charge in [-0.1, -0.05) is 0 Å². The van der Waals surface area contributed by atoms with E-state index in [9.17, 15) is 5.11 Å². The lowest BCUT2D eigenvalue weighted by molar-refractivity contribution is 0.0285. The van der Waals surface area contributed by atoms with Gasteiger partial charge in [-0.2, -0.15) is 0 Å². The first-order valence-electron chi connectivity index (χ1n) is 4.79. The number of aliphatic hydroxyl groups is 1. The normalized spacial score (nSPS) is 11.2. The van der Waals surface area contributed by atoms with Gasteiger partial charge in [0.05, 0.1) is 5.60 Å². The van der Waals surface area contributed by atoms with Crippen molar-refractivity contribution in [3.8, 4) is 11.5 Å². The van der Waals surface area contributed by atoms with E-state index in [-0.39, 0.29) is 13.3 Å². The van der Waals surface area contributed by atoms with Crippen molar-refractivity contribution in [2.45, 2.75) is 19.4 Å². The number of rotatable bonds is 5. The second-order valence-electron chi connectivity index (χ2n) is 3.88. The Hall–Kier alpha value is -1.26. The predicted molar refractivity (Wildman–Crippen MR) is 57.9 cm³/mol. The molecule has 0 saturated heterocycles. The third kappa shape index (κ3) is 4.67. The minimum Gasteiger partial charge on any atom is -0.491 e. The van der Waals surface area contributed by atoms with Gasteiger partial charge in [0.25, 0.3) is 0 Å². The van der Waals surface area contributed by atoms with Crippen LogP contribution in [0.3, 0.4) is 0 Å². The highest BCUT2D eigenvalue weighted by atomic mass is 16.5. The number of ether oxygens (including phenoxy) is 2. The van der Waals surface area contributed by atoms with Crippen LogP contribution in [0.5, 0.6) is 11.5 Å². The first-order valence-corrected chi connectivity index (χ1v) is 4.79. The highest BCUT2D eigenvalue weighted by Gasteiger charge is 2.12. The van der Waals surface area contributed by atoms with Gasteiger partial charge in [0.15, 0.2) is 0 Å². The van der Waals surface area contributed by atoms with E-state index in [0.29, 0.717) is 11.5 Å². The Morgan fingerprint density at radius 3 is 2.00 bits per heavy atom. The summed E-state index contributed by atoms with van der Waals surface area (Å²) in [6.45, 7) is 3.80. The molecule has 0 radical (unpaired) electrons. The molecule has 1 aromatic rings. The van der Waals surface area contributed by atoms with E-state index in [1.807, 2.05) is 0 Å². The van der Waals surface area contributed by atoms with Gasteiger partial charge in [0.2, 0.25) is 0 Å². The van der Waals surface area contributed by atoms with Gasteiger partial charge >= 0.3 is 0 Å². The highest BCUT2D eigenvalue weighted by Crippen LogP contribution is 2.18. The van der Waals surface area contributed by atoms with Crippen molar-refractivity contribution in [2.24, 2.45) is 5.73 Å². The minimum atomic E-state index is -0.827. The van der Waals surface area contributed by atoms with Crippen molar-refractivity contribution in [1.82, 2.24) is 0 Å². The zero-order valence-corrected chi connectivity index (χ0v) is 9.06. The van der Waals surface area contributed by atoms with Gasteiger partial charge in [-0.05, 0) is 38.1 Å². The van der Waals surface area contributed by atoms with Crippen LogP contribution in [0.2, 0.25) is 0 Å². The smallest absolute Gasteiger partial charge is 0.137 e. The Labute approximate surface area is 89.6 Å². The van der Waals surface area contributed by atoms with Gasteiger partial charge < -0.3 is 14.6 Å². The van der Waals surface area contributed by atoms with Gasteiger partial charge in [0.1, 0.15) is 24.8 Å². The van der Waals surface area contributed by atoms with Crippen molar-refractivity contribution in [3.05, 3.63) is 24.3 Å². The molecule has 4 heteroatoms. The molecule has 0 heterocycles. The number of hydrogen-bond acceptors (Lipinski definition) is 4. The molecule has 0 atom stereocenters. The molecule has 0 aliphatic carbocycles. The average molecular weight is 211 g/mol. The van der Waals surface area contributed by atoms with Gasteiger partial charge in [-0.15, -0.1) is 0 Å². The fourth-order valence-corrected chi connectivity index (χ4v) is 0.988. The van der Waals surface area contributed by atoms with E-state index in [2.05, 4.69) is 0 Å². The Balaban J connectivity index is 2.50. The molecule has 0 aromatic heterocycles. The molecule has 4 nitrogen and oxygen atoms in total. The molecule has 0 unspecified atom stereocenters. The summed E-state index contributed by atoms with van der Waals surface area (Å²) in [6.07, 6.45) is 0. The summed E-state index contributed by atoms with van der Waals surface area (Å²) < 4.78 is 10.4. The van der Waals surface area contributed by atoms with Crippen molar-refractivity contribution >= 4 is 0 Å². The molecular formula is C11H17NO3. The summed E-state index contributed by atoms with van der Waals surface area (Å²) in [5.74, 6) is 1.40. The molecule has 0 saturated carbocycles. The molecule has 0 bridgehead atoms. The molecule has 1 aromatic carbocycles. The molecular weight excluding hydrogens is 194 g/mol. The van der Waals surface area contributed by atoms with Crippen molar-refractivity contribution in [3.63, 3.8) is 0 Å². The van der Waals surface area contributed by atoms with Crippen LogP contribution >= 0.6 is 0 Å². The minimum absolute atomic E-state index is 0.157. The predicted octanol–water partition coefficient (Wildman–Crippen LogP) is 1.13. The van der Waals surface area contributed by atoms with Gasteiger partial charge in [-0.25, -0.2) is 0 Å². The second kappa shape index (κ2) is 5.00. The molecule has 0 aliphatic rings. The van der Waals surface area contributed by atoms with Crippen LogP contribution < -0.4 is 15.2 Å². The lowest BCUT2D eigenvalue weighted by atomic mass is 10.2. The standard InChI is InChI=1S/C11H17NO3/c1-11(2,13)7-14-9-3-5-10(6-4-9)15-8-12/h3-6,13H,7-8,12H2,1-2H3. The Morgan fingerprint density at radius 2 is 1.60 bits per heavy atom. The number of benzene rings is 1. The third-order valence-electron chi connectivity index (χ3n) is 1.67. The zero-order chi connectivity index (χ0) is 11.3. The molecule has 0 aliphatic heterocycles. The summed E-state index contributed by atoms with van der Waals surface area (Å²) in [5, 5.41) is 9.45. The quantitative estimate of drug-likeness (QED) is 0.717. The first-order chi connectivity index (χ1) is 7.01. The lowest BCUT2D eigenvalue weighted by Gasteiger charge is -2.17. The van der Waals surface area contributed by atoms with Crippen LogP contribution in [0.1, 0.15) is 13.8 Å². The van der Waals surface area contributed by atoms with Crippen molar-refractivity contribution < 1.29 is 14.6 Å². The van der Waals surface area contributed by atoms with E-state index < -0.39 is 5.60 Å². The van der Waals surface area contributed by atoms with E-state index >= 15 is 0 Å². The van der Waals surface area contributed by atoms with Gasteiger partial charge in [0, 0.05) is 0 Å². The molecule has 0 fully saturated rings. The van der Waals surface area contributed by atoms with Crippen molar-refractivity contribution in [1.29, 1.82) is 0 Å². The van der Waals surface area contributed by atoms with E-state index in [4.69, 9.17) is 15.2 Å². The Kier molecular flexibility index (Phi) is 3.94. The Bertz CT molecular complexity index is 290. The number of hydrogen-bond donors (Lipinski definition) is 2. The van der Waals surface area contributed by atoms with Crippen LogP contribution in [0, 0.1) is 0 Å². The molecule has 0 spiro atoms. The molecule has 3 N–H and O–H groups in total. The largest absolute Gasteiger partial charge is 0.491 e. The summed E-state index contributed by atoms with van der Waals surface area (Å²) in [7, 11) is 0. The summed E-state index contributed by atoms with van der Waals surface area (Å²) in [5.41, 5.74) is 4.40. The van der Waals surface area contributed by atoms with E-state index in [1.165, 1.54) is 0 Å². The zero-order valence-electron chi connectivity index (χ0n) is 9.06. The molecule has 0 amide bonds. The lowest BCUT2D eigenvalue weighted by Crippen LogP contribution is -2.27. The summed E-state index contributed by atoms with van der Waals surface area (Å²) in [6, 6.07) is 7.09. The molecule has 84 valence electrons. The van der Waals surface area contributed by atoms with Crippen LogP contribution in [0.4, 0.5) is 0 Å². The van der Waals surface area contributed by atoms with Crippen LogP contribution in [-0.4, -0.2) is 24.0 Å². The van der Waals surface area contributed by atoms with Crippen LogP contribution in [0.15, 0.2) is 24.3 Å². The van der Waals surface area contributed by atoms with Gasteiger partial charge in [-0.3, -0.25) is 5.73 Å². The first kappa shape index (κ1) is 11.8. The van der Waals surface area contributed by atoms with E-state index in [1.54, 1.807) is 38.1 Å². The summed E-state index contributed by atoms with van der Waals surface area (Å²) in [4.78, 5) is 0. The maximum absolute atomic E-state index is 9.45. The van der Waals surface area contributed by atoms with E-state index in [0.717, 1.165) is 0 Å². The maximum atomic E-state index is 9.45. The second-order valence-corrected chi connectivity index (χ2v) is 3.88. The SMILES string of the molecule is CC(C)(O)COc1ccc(OCN)cc1. The van der Waals surface area contributed by atoms with Crippen LogP contribution in [0.25, 0.3) is 0 Å². The topological polar surface area (TPSA) is 64.7 Å². The fraction of sp³-hybridized carbons (Fsp3) is 0.455. The average Bonchev–Trinajstić information content (AvgIpc) is 2.16. The van der Waals surface area contributed by atoms with Crippen molar-refractivity contribution in [2.75, 3.05) is 13.3 Å².